The van der Waals surface area contributed by atoms with Gasteiger partial charge in [0.25, 0.3) is 5.91 Å². The van der Waals surface area contributed by atoms with E-state index in [0.29, 0.717) is 29.4 Å². The van der Waals surface area contributed by atoms with E-state index in [0.717, 1.165) is 22.9 Å². The highest BCUT2D eigenvalue weighted by Gasteiger charge is 2.32. The number of methoxy groups -OCH3 is 3. The fourth-order valence-electron chi connectivity index (χ4n) is 3.21. The average molecular weight is 477 g/mol. The van der Waals surface area contributed by atoms with E-state index in [1.54, 1.807) is 12.1 Å². The average Bonchev–Trinajstić information content (AvgIpc) is 3.59. The van der Waals surface area contributed by atoms with E-state index in [9.17, 15) is 9.59 Å². The summed E-state index contributed by atoms with van der Waals surface area (Å²) >= 11 is 3.46. The van der Waals surface area contributed by atoms with Crippen molar-refractivity contribution >= 4 is 27.7 Å². The van der Waals surface area contributed by atoms with Gasteiger partial charge >= 0.3 is 0 Å². The van der Waals surface area contributed by atoms with Gasteiger partial charge in [-0.05, 0) is 42.7 Å². The molecule has 0 unspecified atom stereocenters. The summed E-state index contributed by atoms with van der Waals surface area (Å²) in [7, 11) is 4.46. The first kappa shape index (κ1) is 22.0. The smallest absolute Gasteiger partial charge is 0.251 e. The van der Waals surface area contributed by atoms with Crippen molar-refractivity contribution in [2.24, 2.45) is 0 Å². The lowest BCUT2D eigenvalue weighted by atomic mass is 10.1. The number of hydrogen-bond donors (Lipinski definition) is 1. The van der Waals surface area contributed by atoms with Gasteiger partial charge in [0.2, 0.25) is 11.7 Å². The standard InChI is InChI=1S/C22H25BrN2O5/c1-28-18-10-15(11-19(29-2)21(18)30-3)22(27)24-12-20(26)25(17-7-8-17)13-14-5-4-6-16(23)9-14/h4-6,9-11,17H,7-8,12-13H2,1-3H3,(H,24,27). The minimum atomic E-state index is -0.388. The molecule has 0 heterocycles. The minimum absolute atomic E-state index is 0.0833. The monoisotopic (exact) mass is 476 g/mol. The van der Waals surface area contributed by atoms with Gasteiger partial charge in [0.15, 0.2) is 11.5 Å². The summed E-state index contributed by atoms with van der Waals surface area (Å²) in [4.78, 5) is 27.3. The predicted molar refractivity (Wildman–Crippen MR) is 116 cm³/mol. The van der Waals surface area contributed by atoms with Crippen LogP contribution in [0.15, 0.2) is 40.9 Å². The molecule has 1 N–H and O–H groups in total. The molecule has 160 valence electrons. The highest BCUT2D eigenvalue weighted by molar-refractivity contribution is 9.10. The Bertz CT molecular complexity index is 904. The number of carbonyl (C=O) groups is 2. The van der Waals surface area contributed by atoms with Crippen molar-refractivity contribution in [3.05, 3.63) is 52.0 Å². The number of nitrogens with one attached hydrogen (secondary N) is 1. The molecule has 0 aliphatic heterocycles. The van der Waals surface area contributed by atoms with Gasteiger partial charge in [0, 0.05) is 22.6 Å². The molecule has 1 saturated carbocycles. The molecule has 0 bridgehead atoms. The quantitative estimate of drug-likeness (QED) is 0.599. The minimum Gasteiger partial charge on any atom is -0.493 e. The molecule has 1 fully saturated rings. The molecule has 2 amide bonds. The van der Waals surface area contributed by atoms with Crippen molar-refractivity contribution in [2.75, 3.05) is 27.9 Å². The number of halogens is 1. The van der Waals surface area contributed by atoms with Crippen LogP contribution < -0.4 is 19.5 Å². The molecule has 0 radical (unpaired) electrons. The third kappa shape index (κ3) is 5.24. The Morgan fingerprint density at radius 2 is 1.73 bits per heavy atom. The third-order valence-corrected chi connectivity index (χ3v) is 5.37. The number of nitrogens with zero attached hydrogens (tertiary/aromatic N) is 1. The van der Waals surface area contributed by atoms with Gasteiger partial charge in [-0.15, -0.1) is 0 Å². The molecule has 1 aliphatic rings. The van der Waals surface area contributed by atoms with E-state index in [2.05, 4.69) is 21.2 Å². The molecule has 2 aromatic rings. The van der Waals surface area contributed by atoms with Crippen LogP contribution in [0.1, 0.15) is 28.8 Å². The second-order valence-electron chi connectivity index (χ2n) is 6.98. The first-order valence-electron chi connectivity index (χ1n) is 9.59. The number of rotatable bonds is 9. The molecule has 30 heavy (non-hydrogen) atoms. The lowest BCUT2D eigenvalue weighted by molar-refractivity contribution is -0.131. The van der Waals surface area contributed by atoms with Crippen molar-refractivity contribution < 1.29 is 23.8 Å². The van der Waals surface area contributed by atoms with Crippen molar-refractivity contribution in [3.63, 3.8) is 0 Å². The molecule has 0 saturated heterocycles. The molecule has 8 heteroatoms. The Morgan fingerprint density at radius 1 is 1.07 bits per heavy atom. The Labute approximate surface area is 184 Å². The van der Waals surface area contributed by atoms with Crippen LogP contribution in [-0.2, 0) is 11.3 Å². The van der Waals surface area contributed by atoms with Crippen LogP contribution in [0, 0.1) is 0 Å². The van der Waals surface area contributed by atoms with Gasteiger partial charge in [0.1, 0.15) is 0 Å². The Morgan fingerprint density at radius 3 is 2.27 bits per heavy atom. The van der Waals surface area contributed by atoms with E-state index in [-0.39, 0.29) is 24.4 Å². The largest absolute Gasteiger partial charge is 0.493 e. The zero-order valence-electron chi connectivity index (χ0n) is 17.2. The van der Waals surface area contributed by atoms with Crippen LogP contribution >= 0.6 is 15.9 Å². The molecule has 1 aliphatic carbocycles. The maximum absolute atomic E-state index is 12.8. The van der Waals surface area contributed by atoms with Crippen molar-refractivity contribution in [3.8, 4) is 17.2 Å². The molecule has 3 rings (SSSR count). The van der Waals surface area contributed by atoms with Crippen molar-refractivity contribution in [2.45, 2.75) is 25.4 Å². The summed E-state index contributed by atoms with van der Waals surface area (Å²) in [5.74, 6) is 0.658. The van der Waals surface area contributed by atoms with Gasteiger partial charge in [-0.1, -0.05) is 28.1 Å². The van der Waals surface area contributed by atoms with Crippen molar-refractivity contribution in [1.29, 1.82) is 0 Å². The van der Waals surface area contributed by atoms with E-state index in [1.807, 2.05) is 29.2 Å². The van der Waals surface area contributed by atoms with Gasteiger partial charge in [-0.25, -0.2) is 0 Å². The highest BCUT2D eigenvalue weighted by atomic mass is 79.9. The number of benzene rings is 2. The fourth-order valence-corrected chi connectivity index (χ4v) is 3.66. The first-order valence-corrected chi connectivity index (χ1v) is 10.4. The molecule has 0 spiro atoms. The van der Waals surface area contributed by atoms with Crippen LogP contribution in [0.25, 0.3) is 0 Å². The molecular formula is C22H25BrN2O5. The van der Waals surface area contributed by atoms with Crippen LogP contribution in [0.4, 0.5) is 0 Å². The topological polar surface area (TPSA) is 77.1 Å². The molecule has 2 aromatic carbocycles. The summed E-state index contributed by atoms with van der Waals surface area (Å²) in [6, 6.07) is 11.2. The normalized spacial score (nSPS) is 12.8. The lowest BCUT2D eigenvalue weighted by Crippen LogP contribution is -2.41. The van der Waals surface area contributed by atoms with E-state index in [1.165, 1.54) is 21.3 Å². The van der Waals surface area contributed by atoms with Crippen LogP contribution in [0.3, 0.4) is 0 Å². The lowest BCUT2D eigenvalue weighted by Gasteiger charge is -2.23. The third-order valence-electron chi connectivity index (χ3n) is 4.88. The second-order valence-corrected chi connectivity index (χ2v) is 7.90. The zero-order valence-corrected chi connectivity index (χ0v) is 18.8. The molecule has 7 nitrogen and oxygen atoms in total. The Kier molecular flexibility index (Phi) is 7.20. The summed E-state index contributed by atoms with van der Waals surface area (Å²) in [6.07, 6.45) is 1.97. The number of ether oxygens (including phenoxy) is 3. The maximum atomic E-state index is 12.8. The second kappa shape index (κ2) is 9.84. The maximum Gasteiger partial charge on any atom is 0.251 e. The Hall–Kier alpha value is -2.74. The van der Waals surface area contributed by atoms with Crippen LogP contribution in [0.2, 0.25) is 0 Å². The summed E-state index contributed by atoms with van der Waals surface area (Å²) in [5.41, 5.74) is 1.36. The SMILES string of the molecule is COc1cc(C(=O)NCC(=O)N(Cc2cccc(Br)c2)C2CC2)cc(OC)c1OC. The van der Waals surface area contributed by atoms with Gasteiger partial charge in [0.05, 0.1) is 27.9 Å². The molecule has 0 aromatic heterocycles. The van der Waals surface area contributed by atoms with Gasteiger partial charge < -0.3 is 24.4 Å². The van der Waals surface area contributed by atoms with E-state index in [4.69, 9.17) is 14.2 Å². The van der Waals surface area contributed by atoms with E-state index >= 15 is 0 Å². The first-order chi connectivity index (χ1) is 14.5. The van der Waals surface area contributed by atoms with Gasteiger partial charge in [-0.3, -0.25) is 9.59 Å². The highest BCUT2D eigenvalue weighted by Crippen LogP contribution is 2.38. The zero-order chi connectivity index (χ0) is 21.7. The predicted octanol–water partition coefficient (Wildman–Crippen LogP) is 3.40. The molecular weight excluding hydrogens is 452 g/mol. The summed E-state index contributed by atoms with van der Waals surface area (Å²) in [6.45, 7) is 0.434. The molecule has 0 atom stereocenters. The van der Waals surface area contributed by atoms with Gasteiger partial charge in [-0.2, -0.15) is 0 Å². The summed E-state index contributed by atoms with van der Waals surface area (Å²) < 4.78 is 16.8. The number of carbonyl (C=O) groups excluding carboxylic acids is 2. The van der Waals surface area contributed by atoms with Crippen molar-refractivity contribution in [1.82, 2.24) is 10.2 Å². The Balaban J connectivity index is 1.67. The summed E-state index contributed by atoms with van der Waals surface area (Å²) in [5, 5.41) is 2.71. The van der Waals surface area contributed by atoms with Crippen LogP contribution in [0.5, 0.6) is 17.2 Å². The van der Waals surface area contributed by atoms with E-state index < -0.39 is 0 Å². The number of hydrogen-bond acceptors (Lipinski definition) is 5. The van der Waals surface area contributed by atoms with Crippen LogP contribution in [-0.4, -0.2) is 50.6 Å². The number of amides is 2. The fraction of sp³-hybridized carbons (Fsp3) is 0.364.